The minimum absolute atomic E-state index is 0.0947. The summed E-state index contributed by atoms with van der Waals surface area (Å²) in [4.78, 5) is 0. The number of hydrogen-bond acceptors (Lipinski definition) is 3. The Morgan fingerprint density at radius 3 is 2.65 bits per heavy atom. The van der Waals surface area contributed by atoms with E-state index < -0.39 is 18.7 Å². The number of aliphatic hydroxyl groups is 1. The Hall–Kier alpha value is -1.43. The second kappa shape index (κ2) is 4.44. The first-order valence-electron chi connectivity index (χ1n) is 5.10. The summed E-state index contributed by atoms with van der Waals surface area (Å²) in [5.74, 6) is 0.991. The molecule has 3 nitrogen and oxygen atoms in total. The molecule has 1 unspecified atom stereocenters. The molecule has 2 rings (SSSR count). The second-order valence-corrected chi connectivity index (χ2v) is 3.78. The van der Waals surface area contributed by atoms with Gasteiger partial charge >= 0.3 is 6.18 Å². The maximum Gasteiger partial charge on any atom is 0.389 e. The lowest BCUT2D eigenvalue weighted by Gasteiger charge is -2.12. The number of benzene rings is 1. The van der Waals surface area contributed by atoms with Crippen molar-refractivity contribution >= 4 is 0 Å². The molecule has 6 heteroatoms. The van der Waals surface area contributed by atoms with Crippen molar-refractivity contribution in [2.75, 3.05) is 6.79 Å². The van der Waals surface area contributed by atoms with E-state index in [1.807, 2.05) is 0 Å². The Labute approximate surface area is 95.8 Å². The van der Waals surface area contributed by atoms with Gasteiger partial charge < -0.3 is 14.6 Å². The van der Waals surface area contributed by atoms with E-state index in [-0.39, 0.29) is 13.2 Å². The third-order valence-electron chi connectivity index (χ3n) is 2.48. The monoisotopic (exact) mass is 248 g/mol. The molecule has 0 radical (unpaired) electrons. The van der Waals surface area contributed by atoms with Crippen molar-refractivity contribution in [2.45, 2.75) is 25.1 Å². The summed E-state index contributed by atoms with van der Waals surface area (Å²) in [7, 11) is 0. The van der Waals surface area contributed by atoms with E-state index in [9.17, 15) is 18.3 Å². The summed E-state index contributed by atoms with van der Waals surface area (Å²) in [5, 5.41) is 9.62. The summed E-state index contributed by atoms with van der Waals surface area (Å²) in [5.41, 5.74) is 0.401. The molecule has 1 aliphatic heterocycles. The summed E-state index contributed by atoms with van der Waals surface area (Å²) >= 11 is 0. The molecule has 0 fully saturated rings. The Morgan fingerprint density at radius 1 is 1.24 bits per heavy atom. The Balaban J connectivity index is 2.02. The molecule has 0 saturated carbocycles. The fraction of sp³-hybridized carbons (Fsp3) is 0.455. The van der Waals surface area contributed by atoms with Gasteiger partial charge in [0.1, 0.15) is 0 Å². The van der Waals surface area contributed by atoms with Crippen LogP contribution in [0.2, 0.25) is 0 Å². The fourth-order valence-corrected chi connectivity index (χ4v) is 1.59. The van der Waals surface area contributed by atoms with Crippen LogP contribution in [-0.2, 0) is 0 Å². The van der Waals surface area contributed by atoms with E-state index in [2.05, 4.69) is 0 Å². The van der Waals surface area contributed by atoms with Gasteiger partial charge in [0.15, 0.2) is 11.5 Å². The van der Waals surface area contributed by atoms with Crippen molar-refractivity contribution in [3.8, 4) is 11.5 Å². The fourth-order valence-electron chi connectivity index (χ4n) is 1.59. The van der Waals surface area contributed by atoms with Gasteiger partial charge in [-0.15, -0.1) is 0 Å². The normalized spacial score (nSPS) is 16.0. The smallest absolute Gasteiger partial charge is 0.389 e. The van der Waals surface area contributed by atoms with Crippen molar-refractivity contribution in [2.24, 2.45) is 0 Å². The van der Waals surface area contributed by atoms with Gasteiger partial charge in [0.25, 0.3) is 0 Å². The molecule has 0 spiro atoms. The molecule has 1 heterocycles. The summed E-state index contributed by atoms with van der Waals surface area (Å²) in [6.45, 7) is 0.0947. The topological polar surface area (TPSA) is 38.7 Å². The number of hydrogen-bond donors (Lipinski definition) is 1. The number of aliphatic hydroxyl groups excluding tert-OH is 1. The van der Waals surface area contributed by atoms with E-state index >= 15 is 0 Å². The minimum Gasteiger partial charge on any atom is -0.454 e. The number of alkyl halides is 3. The molecule has 94 valence electrons. The average molecular weight is 248 g/mol. The third-order valence-corrected chi connectivity index (χ3v) is 2.48. The minimum atomic E-state index is -4.25. The predicted molar refractivity (Wildman–Crippen MR) is 52.8 cm³/mol. The summed E-state index contributed by atoms with van der Waals surface area (Å²) in [6.07, 6.45) is -6.77. The molecule has 1 atom stereocenters. The number of rotatable bonds is 3. The molecule has 1 aliphatic rings. The highest BCUT2D eigenvalue weighted by molar-refractivity contribution is 5.45. The van der Waals surface area contributed by atoms with Crippen LogP contribution in [0, 0.1) is 0 Å². The van der Waals surface area contributed by atoms with Gasteiger partial charge in [-0.1, -0.05) is 6.07 Å². The molecule has 0 amide bonds. The highest BCUT2D eigenvalue weighted by atomic mass is 19.4. The van der Waals surface area contributed by atoms with Gasteiger partial charge in [-0.2, -0.15) is 13.2 Å². The molecule has 17 heavy (non-hydrogen) atoms. The molecule has 0 aliphatic carbocycles. The summed E-state index contributed by atoms with van der Waals surface area (Å²) < 4.78 is 46.1. The first-order chi connectivity index (χ1) is 7.96. The van der Waals surface area contributed by atoms with E-state index in [0.29, 0.717) is 17.1 Å². The Bertz CT molecular complexity index is 403. The van der Waals surface area contributed by atoms with Crippen molar-refractivity contribution < 1.29 is 27.8 Å². The van der Waals surface area contributed by atoms with Gasteiger partial charge in [-0.3, -0.25) is 0 Å². The van der Waals surface area contributed by atoms with Gasteiger partial charge in [-0.25, -0.2) is 0 Å². The largest absolute Gasteiger partial charge is 0.454 e. The second-order valence-electron chi connectivity index (χ2n) is 3.78. The van der Waals surface area contributed by atoms with Crippen molar-refractivity contribution in [3.63, 3.8) is 0 Å². The zero-order valence-electron chi connectivity index (χ0n) is 8.83. The average Bonchev–Trinajstić information content (AvgIpc) is 2.71. The highest BCUT2D eigenvalue weighted by Crippen LogP contribution is 2.35. The van der Waals surface area contributed by atoms with Crippen LogP contribution in [0.1, 0.15) is 24.5 Å². The van der Waals surface area contributed by atoms with Crippen molar-refractivity contribution in [1.82, 2.24) is 0 Å². The van der Waals surface area contributed by atoms with Crippen LogP contribution >= 0.6 is 0 Å². The quantitative estimate of drug-likeness (QED) is 0.893. The maximum atomic E-state index is 12.0. The van der Waals surface area contributed by atoms with E-state index in [1.54, 1.807) is 6.07 Å². The Kier molecular flexibility index (Phi) is 3.15. The lowest BCUT2D eigenvalue weighted by Crippen LogP contribution is -2.10. The maximum absolute atomic E-state index is 12.0. The molecule has 1 aromatic carbocycles. The zero-order valence-corrected chi connectivity index (χ0v) is 8.83. The van der Waals surface area contributed by atoms with Crippen LogP contribution in [0.3, 0.4) is 0 Å². The lowest BCUT2D eigenvalue weighted by molar-refractivity contribution is -0.140. The Morgan fingerprint density at radius 2 is 1.94 bits per heavy atom. The van der Waals surface area contributed by atoms with Crippen molar-refractivity contribution in [3.05, 3.63) is 23.8 Å². The van der Waals surface area contributed by atoms with Crippen LogP contribution in [0.15, 0.2) is 18.2 Å². The van der Waals surface area contributed by atoms with Crippen LogP contribution in [0.5, 0.6) is 11.5 Å². The van der Waals surface area contributed by atoms with Crippen LogP contribution in [0.4, 0.5) is 13.2 Å². The SMILES string of the molecule is OC(CCC(F)(F)F)c1ccc2c(c1)OCO2. The van der Waals surface area contributed by atoms with Gasteiger partial charge in [0, 0.05) is 6.42 Å². The first kappa shape index (κ1) is 12.0. The van der Waals surface area contributed by atoms with Crippen molar-refractivity contribution in [1.29, 1.82) is 0 Å². The predicted octanol–water partition coefficient (Wildman–Crippen LogP) is 2.79. The van der Waals surface area contributed by atoms with Gasteiger partial charge in [-0.05, 0) is 24.1 Å². The van der Waals surface area contributed by atoms with Gasteiger partial charge in [0.2, 0.25) is 6.79 Å². The standard InChI is InChI=1S/C11H11F3O3/c12-11(13,14)4-3-8(15)7-1-2-9-10(5-7)17-6-16-9/h1-2,5,8,15H,3-4,6H2. The molecular formula is C11H11F3O3. The molecule has 0 saturated heterocycles. The number of ether oxygens (including phenoxy) is 2. The molecule has 0 bridgehead atoms. The molecular weight excluding hydrogens is 237 g/mol. The molecule has 1 N–H and O–H groups in total. The third kappa shape index (κ3) is 3.03. The van der Waals surface area contributed by atoms with Crippen LogP contribution < -0.4 is 9.47 Å². The lowest BCUT2D eigenvalue weighted by atomic mass is 10.0. The van der Waals surface area contributed by atoms with E-state index in [0.717, 1.165) is 0 Å². The zero-order chi connectivity index (χ0) is 12.5. The number of fused-ring (bicyclic) bond motifs is 1. The summed E-state index contributed by atoms with van der Waals surface area (Å²) in [6, 6.07) is 4.62. The van der Waals surface area contributed by atoms with Crippen LogP contribution in [-0.4, -0.2) is 18.1 Å². The highest BCUT2D eigenvalue weighted by Gasteiger charge is 2.28. The van der Waals surface area contributed by atoms with Crippen LogP contribution in [0.25, 0.3) is 0 Å². The molecule has 0 aromatic heterocycles. The van der Waals surface area contributed by atoms with Gasteiger partial charge in [0.05, 0.1) is 6.10 Å². The first-order valence-corrected chi connectivity index (χ1v) is 5.10. The van der Waals surface area contributed by atoms with E-state index in [4.69, 9.17) is 9.47 Å². The number of halogens is 3. The van der Waals surface area contributed by atoms with E-state index in [1.165, 1.54) is 12.1 Å². The molecule has 1 aromatic rings.